The molecule has 1 aromatic heterocycles. The van der Waals surface area contributed by atoms with Gasteiger partial charge in [0.15, 0.2) is 6.10 Å². The molecule has 1 aliphatic heterocycles. The van der Waals surface area contributed by atoms with Crippen LogP contribution in [0.3, 0.4) is 0 Å². The number of piperidine rings is 1. The Bertz CT molecular complexity index is 733. The molecule has 8 heteroatoms. The van der Waals surface area contributed by atoms with E-state index in [9.17, 15) is 18.0 Å². The highest BCUT2D eigenvalue weighted by atomic mass is 19.4. The maximum absolute atomic E-state index is 13.3. The summed E-state index contributed by atoms with van der Waals surface area (Å²) in [5, 5.41) is 0. The van der Waals surface area contributed by atoms with Crippen LogP contribution >= 0.6 is 0 Å². The molecule has 27 heavy (non-hydrogen) atoms. The predicted molar refractivity (Wildman–Crippen MR) is 91.8 cm³/mol. The van der Waals surface area contributed by atoms with Gasteiger partial charge in [-0.3, -0.25) is 4.79 Å². The van der Waals surface area contributed by atoms with Gasteiger partial charge in [-0.25, -0.2) is 9.97 Å². The Labute approximate surface area is 155 Å². The highest BCUT2D eigenvalue weighted by Crippen LogP contribution is 2.35. The van der Waals surface area contributed by atoms with Crippen molar-refractivity contribution in [3.63, 3.8) is 0 Å². The number of likely N-dealkylation sites (tertiary alicyclic amines) is 1. The van der Waals surface area contributed by atoms with Crippen molar-refractivity contribution in [3.05, 3.63) is 60.2 Å². The smallest absolute Gasteiger partial charge is 0.354 e. The molecule has 0 N–H and O–H groups in total. The minimum Gasteiger partial charge on any atom is -0.354 e. The van der Waals surface area contributed by atoms with E-state index in [2.05, 4.69) is 9.97 Å². The molecule has 2 aromatic rings. The third kappa shape index (κ3) is 5.03. The van der Waals surface area contributed by atoms with Gasteiger partial charge in [-0.1, -0.05) is 30.3 Å². The Morgan fingerprint density at radius 2 is 1.89 bits per heavy atom. The van der Waals surface area contributed by atoms with Gasteiger partial charge in [0.05, 0.1) is 0 Å². The zero-order valence-electron chi connectivity index (χ0n) is 14.6. The molecule has 5 nitrogen and oxygen atoms in total. The monoisotopic (exact) mass is 379 g/mol. The lowest BCUT2D eigenvalue weighted by Gasteiger charge is -2.32. The van der Waals surface area contributed by atoms with Gasteiger partial charge in [0.1, 0.15) is 12.9 Å². The molecule has 144 valence electrons. The summed E-state index contributed by atoms with van der Waals surface area (Å²) >= 11 is 0. The summed E-state index contributed by atoms with van der Waals surface area (Å²) in [4.78, 5) is 22.0. The van der Waals surface area contributed by atoms with E-state index < -0.39 is 24.8 Å². The number of hydrogen-bond acceptors (Lipinski definition) is 4. The maximum Gasteiger partial charge on any atom is 0.418 e. The molecule has 1 aliphatic rings. The lowest BCUT2D eigenvalue weighted by Crippen LogP contribution is -2.41. The normalized spacial score (nSPS) is 16.9. The average Bonchev–Trinajstić information content (AvgIpc) is 2.68. The van der Waals surface area contributed by atoms with E-state index in [1.807, 2.05) is 6.07 Å². The van der Waals surface area contributed by atoms with E-state index in [4.69, 9.17) is 4.74 Å². The second kappa shape index (κ2) is 8.47. The molecule has 1 fully saturated rings. The summed E-state index contributed by atoms with van der Waals surface area (Å²) in [5.41, 5.74) is 0.912. The second-order valence-electron chi connectivity index (χ2n) is 6.43. The molecule has 1 amide bonds. The molecule has 1 aromatic carbocycles. The van der Waals surface area contributed by atoms with Gasteiger partial charge >= 0.3 is 6.18 Å². The number of alkyl halides is 3. The van der Waals surface area contributed by atoms with Gasteiger partial charge in [-0.05, 0) is 24.5 Å². The van der Waals surface area contributed by atoms with Crippen LogP contribution in [-0.2, 0) is 9.53 Å². The standard InChI is InChI=1S/C19H20F3N3O2/c20-19(21,22)18(15-4-2-1-3-5-15)27-12-17(26)25-10-7-14(8-11-25)16-6-9-23-13-24-16/h1-6,9,13-14,18H,7-8,10-12H2. The third-order valence-electron chi connectivity index (χ3n) is 4.64. The van der Waals surface area contributed by atoms with Gasteiger partial charge in [0.25, 0.3) is 0 Å². The first-order valence-electron chi connectivity index (χ1n) is 8.72. The molecule has 1 saturated heterocycles. The number of nitrogens with zero attached hydrogens (tertiary/aromatic N) is 3. The Kier molecular flexibility index (Phi) is 6.05. The topological polar surface area (TPSA) is 55.3 Å². The molecular weight excluding hydrogens is 359 g/mol. The van der Waals surface area contributed by atoms with Crippen molar-refractivity contribution in [2.24, 2.45) is 0 Å². The van der Waals surface area contributed by atoms with Crippen LogP contribution in [0.1, 0.15) is 36.1 Å². The lowest BCUT2D eigenvalue weighted by atomic mass is 9.93. The highest BCUT2D eigenvalue weighted by molar-refractivity contribution is 5.77. The van der Waals surface area contributed by atoms with Crippen LogP contribution in [0.25, 0.3) is 0 Å². The molecule has 1 unspecified atom stereocenters. The molecule has 0 spiro atoms. The van der Waals surface area contributed by atoms with Gasteiger partial charge in [-0.15, -0.1) is 0 Å². The van der Waals surface area contributed by atoms with Crippen LogP contribution in [-0.4, -0.2) is 46.6 Å². The lowest BCUT2D eigenvalue weighted by molar-refractivity contribution is -0.224. The fourth-order valence-corrected chi connectivity index (χ4v) is 3.22. The molecule has 1 atom stereocenters. The summed E-state index contributed by atoms with van der Waals surface area (Å²) in [7, 11) is 0. The van der Waals surface area contributed by atoms with Crippen molar-refractivity contribution in [2.75, 3.05) is 19.7 Å². The van der Waals surface area contributed by atoms with Gasteiger partial charge < -0.3 is 9.64 Å². The van der Waals surface area contributed by atoms with E-state index in [-0.39, 0.29) is 11.5 Å². The fourth-order valence-electron chi connectivity index (χ4n) is 3.22. The number of benzene rings is 1. The van der Waals surface area contributed by atoms with Crippen molar-refractivity contribution < 1.29 is 22.7 Å². The van der Waals surface area contributed by atoms with Gasteiger partial charge in [0.2, 0.25) is 5.91 Å². The number of halogens is 3. The Morgan fingerprint density at radius 3 is 2.48 bits per heavy atom. The number of carbonyl (C=O) groups is 1. The third-order valence-corrected chi connectivity index (χ3v) is 4.64. The van der Waals surface area contributed by atoms with Crippen LogP contribution in [0, 0.1) is 0 Å². The Morgan fingerprint density at radius 1 is 1.19 bits per heavy atom. The Balaban J connectivity index is 1.54. The molecule has 3 rings (SSSR count). The maximum atomic E-state index is 13.3. The van der Waals surface area contributed by atoms with Crippen molar-refractivity contribution in [1.82, 2.24) is 14.9 Å². The minimum absolute atomic E-state index is 0.0136. The summed E-state index contributed by atoms with van der Waals surface area (Å²) in [5.74, 6) is -0.202. The van der Waals surface area contributed by atoms with Crippen molar-refractivity contribution in [1.29, 1.82) is 0 Å². The van der Waals surface area contributed by atoms with E-state index >= 15 is 0 Å². The summed E-state index contributed by atoms with van der Waals surface area (Å²) in [6.07, 6.45) is -2.10. The number of aromatic nitrogens is 2. The van der Waals surface area contributed by atoms with E-state index in [0.29, 0.717) is 25.9 Å². The first-order valence-corrected chi connectivity index (χ1v) is 8.72. The molecule has 0 bridgehead atoms. The molecular formula is C19H20F3N3O2. The first-order chi connectivity index (χ1) is 12.9. The largest absolute Gasteiger partial charge is 0.418 e. The number of hydrogen-bond donors (Lipinski definition) is 0. The van der Waals surface area contributed by atoms with E-state index in [1.165, 1.54) is 30.6 Å². The fraction of sp³-hybridized carbons (Fsp3) is 0.421. The summed E-state index contributed by atoms with van der Waals surface area (Å²) < 4.78 is 44.8. The summed E-state index contributed by atoms with van der Waals surface area (Å²) in [6.45, 7) is 0.342. The summed E-state index contributed by atoms with van der Waals surface area (Å²) in [6, 6.07) is 9.18. The minimum atomic E-state index is -4.58. The predicted octanol–water partition coefficient (Wildman–Crippen LogP) is 3.50. The van der Waals surface area contributed by atoms with E-state index in [1.54, 1.807) is 17.2 Å². The van der Waals surface area contributed by atoms with Crippen LogP contribution in [0.4, 0.5) is 13.2 Å². The van der Waals surface area contributed by atoms with Crippen LogP contribution < -0.4 is 0 Å². The average molecular weight is 379 g/mol. The van der Waals surface area contributed by atoms with Crippen molar-refractivity contribution in [3.8, 4) is 0 Å². The molecule has 0 aliphatic carbocycles. The van der Waals surface area contributed by atoms with Gasteiger partial charge in [0, 0.05) is 30.9 Å². The van der Waals surface area contributed by atoms with Gasteiger partial charge in [-0.2, -0.15) is 13.2 Å². The number of amides is 1. The quantitative estimate of drug-likeness (QED) is 0.798. The van der Waals surface area contributed by atoms with E-state index in [0.717, 1.165) is 5.69 Å². The van der Waals surface area contributed by atoms with Crippen LogP contribution in [0.5, 0.6) is 0 Å². The second-order valence-corrected chi connectivity index (χ2v) is 6.43. The van der Waals surface area contributed by atoms with Crippen molar-refractivity contribution >= 4 is 5.91 Å². The van der Waals surface area contributed by atoms with Crippen molar-refractivity contribution in [2.45, 2.75) is 31.0 Å². The number of rotatable bonds is 5. The number of ether oxygens (including phenoxy) is 1. The number of carbonyl (C=O) groups excluding carboxylic acids is 1. The Hall–Kier alpha value is -2.48. The zero-order valence-corrected chi connectivity index (χ0v) is 14.6. The zero-order chi connectivity index (χ0) is 19.3. The SMILES string of the molecule is O=C(COC(c1ccccc1)C(F)(F)F)N1CCC(c2ccncn2)CC1. The molecule has 0 radical (unpaired) electrons. The van der Waals surface area contributed by atoms with Crippen LogP contribution in [0.15, 0.2) is 48.9 Å². The highest BCUT2D eigenvalue weighted by Gasteiger charge is 2.42. The van der Waals surface area contributed by atoms with Crippen LogP contribution in [0.2, 0.25) is 0 Å². The molecule has 2 heterocycles. The first kappa shape index (κ1) is 19.3. The molecule has 0 saturated carbocycles.